The molecule has 0 aromatic carbocycles. The molecule has 0 saturated heterocycles. The first-order valence-electron chi connectivity index (χ1n) is 34.1. The Morgan fingerprint density at radius 1 is 0.438 bits per heavy atom. The Bertz CT molecular complexity index is 1550. The first kappa shape index (κ1) is 77.7. The van der Waals surface area contributed by atoms with E-state index in [1.165, 1.54) is 218 Å². The zero-order valence-electron chi connectivity index (χ0n) is 53.6. The van der Waals surface area contributed by atoms with Crippen molar-refractivity contribution >= 4 is 19.7 Å². The summed E-state index contributed by atoms with van der Waals surface area (Å²) in [5, 5.41) is 3.07. The second-order valence-corrected chi connectivity index (χ2v) is 25.8. The average Bonchev–Trinajstić information content (AvgIpc) is 3.42. The lowest BCUT2D eigenvalue weighted by Crippen LogP contribution is -2.47. The minimum atomic E-state index is -4.45. The van der Waals surface area contributed by atoms with Gasteiger partial charge in [-0.15, -0.1) is 0 Å². The summed E-state index contributed by atoms with van der Waals surface area (Å²) < 4.78 is 30.8. The van der Waals surface area contributed by atoms with Crippen molar-refractivity contribution in [3.8, 4) is 0 Å². The third-order valence-electron chi connectivity index (χ3n) is 15.2. The molecule has 9 nitrogen and oxygen atoms in total. The van der Waals surface area contributed by atoms with Crippen LogP contribution in [-0.4, -0.2) is 74.3 Å². The smallest absolute Gasteiger partial charge is 0.456 e. The van der Waals surface area contributed by atoms with Crippen LogP contribution in [0.3, 0.4) is 0 Å². The number of esters is 1. The van der Waals surface area contributed by atoms with Crippen LogP contribution < -0.4 is 5.32 Å². The van der Waals surface area contributed by atoms with Crippen LogP contribution in [0.25, 0.3) is 0 Å². The quantitative estimate of drug-likeness (QED) is 0.0205. The summed E-state index contributed by atoms with van der Waals surface area (Å²) >= 11 is 0. The van der Waals surface area contributed by atoms with E-state index in [0.29, 0.717) is 17.4 Å². The van der Waals surface area contributed by atoms with Crippen LogP contribution >= 0.6 is 7.82 Å². The van der Waals surface area contributed by atoms with Gasteiger partial charge >= 0.3 is 13.8 Å². The Morgan fingerprint density at radius 3 is 1.15 bits per heavy atom. The lowest BCUT2D eigenvalue weighted by molar-refractivity contribution is -0.870. The Hall–Kier alpha value is -2.29. The fraction of sp³-hybridized carbons (Fsp3) is 0.829. The maximum atomic E-state index is 13.6. The van der Waals surface area contributed by atoms with Crippen molar-refractivity contribution < 1.29 is 37.3 Å². The van der Waals surface area contributed by atoms with Crippen molar-refractivity contribution in [1.82, 2.24) is 5.32 Å². The molecule has 3 unspecified atom stereocenters. The minimum absolute atomic E-state index is 0.0393. The van der Waals surface area contributed by atoms with Crippen LogP contribution in [0.1, 0.15) is 323 Å². The highest BCUT2D eigenvalue weighted by Gasteiger charge is 2.30. The predicted octanol–water partition coefficient (Wildman–Crippen LogP) is 21.4. The number of nitrogens with zero attached hydrogens (tertiary/aromatic N) is 1. The number of phosphoric acid groups is 1. The first-order chi connectivity index (χ1) is 38.9. The fourth-order valence-corrected chi connectivity index (χ4v) is 10.6. The maximum Gasteiger partial charge on any atom is 0.472 e. The van der Waals surface area contributed by atoms with Gasteiger partial charge in [0.15, 0.2) is 0 Å². The van der Waals surface area contributed by atoms with Gasteiger partial charge in [-0.3, -0.25) is 18.6 Å². The topological polar surface area (TPSA) is 111 Å². The van der Waals surface area contributed by atoms with E-state index in [9.17, 15) is 19.0 Å². The fourth-order valence-electron chi connectivity index (χ4n) is 9.88. The number of rotatable bonds is 62. The number of quaternary nitrogens is 1. The molecule has 3 atom stereocenters. The van der Waals surface area contributed by atoms with Crippen LogP contribution in [0.2, 0.25) is 0 Å². The van der Waals surface area contributed by atoms with Crippen molar-refractivity contribution in [2.45, 2.75) is 335 Å². The molecule has 0 rings (SSSR count). The molecule has 0 aliphatic carbocycles. The van der Waals surface area contributed by atoms with E-state index >= 15 is 0 Å². The molecule has 0 saturated carbocycles. The van der Waals surface area contributed by atoms with E-state index in [4.69, 9.17) is 13.8 Å². The van der Waals surface area contributed by atoms with Gasteiger partial charge in [0, 0.05) is 12.8 Å². The van der Waals surface area contributed by atoms with Gasteiger partial charge in [0.05, 0.1) is 33.8 Å². The minimum Gasteiger partial charge on any atom is -0.456 e. The summed E-state index contributed by atoms with van der Waals surface area (Å²) in [4.78, 5) is 37.8. The monoisotopic (exact) mass is 1140 g/mol. The molecular weight excluding hydrogens is 1010 g/mol. The lowest BCUT2D eigenvalue weighted by Gasteiger charge is -2.27. The van der Waals surface area contributed by atoms with E-state index < -0.39 is 20.0 Å². The summed E-state index contributed by atoms with van der Waals surface area (Å²) in [7, 11) is 1.50. The summed E-state index contributed by atoms with van der Waals surface area (Å²) in [5.74, 6) is -0.499. The number of amides is 1. The second kappa shape index (κ2) is 59.9. The van der Waals surface area contributed by atoms with Gasteiger partial charge in [-0.25, -0.2) is 4.57 Å². The van der Waals surface area contributed by atoms with Gasteiger partial charge < -0.3 is 19.4 Å². The lowest BCUT2D eigenvalue weighted by atomic mass is 10.0. The maximum absolute atomic E-state index is 13.6. The van der Waals surface area contributed by atoms with E-state index in [1.54, 1.807) is 0 Å². The molecule has 0 radical (unpaired) electrons. The van der Waals surface area contributed by atoms with Gasteiger partial charge in [-0.05, 0) is 96.0 Å². The number of phosphoric ester groups is 1. The molecular formula is C70H132N2O7P+. The summed E-state index contributed by atoms with van der Waals surface area (Å²) in [5.41, 5.74) is 0. The number of hydrogen-bond acceptors (Lipinski definition) is 6. The molecule has 468 valence electrons. The highest BCUT2D eigenvalue weighted by molar-refractivity contribution is 7.47. The van der Waals surface area contributed by atoms with Crippen LogP contribution in [0.5, 0.6) is 0 Å². The van der Waals surface area contributed by atoms with Crippen molar-refractivity contribution in [3.05, 3.63) is 60.8 Å². The molecule has 80 heavy (non-hydrogen) atoms. The average molecular weight is 1140 g/mol. The highest BCUT2D eigenvalue weighted by atomic mass is 31.2. The van der Waals surface area contributed by atoms with Crippen LogP contribution in [-0.2, 0) is 27.9 Å². The zero-order chi connectivity index (χ0) is 58.6. The van der Waals surface area contributed by atoms with Gasteiger partial charge in [0.1, 0.15) is 19.3 Å². The number of carbonyl (C=O) groups excluding carboxylic acids is 2. The van der Waals surface area contributed by atoms with Crippen molar-refractivity contribution in [3.63, 3.8) is 0 Å². The molecule has 2 N–H and O–H groups in total. The number of unbranched alkanes of at least 4 members (excludes halogenated alkanes) is 38. The number of carbonyl (C=O) groups is 2. The van der Waals surface area contributed by atoms with E-state index in [1.807, 2.05) is 33.3 Å². The second-order valence-electron chi connectivity index (χ2n) is 24.3. The van der Waals surface area contributed by atoms with Crippen molar-refractivity contribution in [1.29, 1.82) is 0 Å². The molecule has 0 heterocycles. The van der Waals surface area contributed by atoms with Crippen molar-refractivity contribution in [2.24, 2.45) is 0 Å². The van der Waals surface area contributed by atoms with E-state index in [-0.39, 0.29) is 31.5 Å². The number of hydrogen-bond donors (Lipinski definition) is 2. The molecule has 0 spiro atoms. The van der Waals surface area contributed by atoms with Gasteiger partial charge in [0.2, 0.25) is 5.91 Å². The molecule has 0 fully saturated rings. The number of ether oxygens (including phenoxy) is 1. The summed E-state index contributed by atoms with van der Waals surface area (Å²) in [6.45, 7) is 6.99. The Labute approximate surface area is 496 Å². The van der Waals surface area contributed by atoms with Gasteiger partial charge in [-0.2, -0.15) is 0 Å². The van der Waals surface area contributed by atoms with Gasteiger partial charge in [0.25, 0.3) is 0 Å². The van der Waals surface area contributed by atoms with Gasteiger partial charge in [-0.1, -0.05) is 275 Å². The molecule has 0 aliphatic rings. The third kappa shape index (κ3) is 60.3. The molecule has 0 aromatic heterocycles. The molecule has 1 amide bonds. The number of likely N-dealkylation sites (N-methyl/N-ethyl adjacent to an activating group) is 1. The van der Waals surface area contributed by atoms with E-state index in [0.717, 1.165) is 70.6 Å². The Balaban J connectivity index is 5.13. The molecule has 0 aliphatic heterocycles. The molecule has 10 heteroatoms. The van der Waals surface area contributed by atoms with Crippen LogP contribution in [0.15, 0.2) is 60.8 Å². The Morgan fingerprint density at radius 2 is 0.762 bits per heavy atom. The largest absolute Gasteiger partial charge is 0.472 e. The third-order valence-corrected chi connectivity index (χ3v) is 16.2. The molecule has 0 bridgehead atoms. The standard InChI is InChI=1S/C70H131N2O7P/c1-7-10-13-16-19-22-25-28-30-32-34-36-38-40-42-44-47-50-53-56-59-62-69(73)71-67(66-78-80(75,76)77-65-64-72(4,5)6)68(61-58-55-52-49-46-27-24-21-18-15-12-9-3)79-70(74)63-60-57-54-51-48-45-43-41-39-37-35-33-31-29-26-23-20-17-14-11-8-2/h19-20,22-23,28-31,58,61,67-68H,7-18,21,24-27,32-57,59-60,62-66H2,1-6H3,(H-,71,73,75,76)/p+1/b22-19-,23-20-,30-28-,31-29-,61-58+. The van der Waals surface area contributed by atoms with Crippen LogP contribution in [0, 0.1) is 0 Å². The normalized spacial score (nSPS) is 13.9. The van der Waals surface area contributed by atoms with Crippen molar-refractivity contribution in [2.75, 3.05) is 40.9 Å². The summed E-state index contributed by atoms with van der Waals surface area (Å²) in [6, 6.07) is -0.851. The zero-order valence-corrected chi connectivity index (χ0v) is 54.5. The van der Waals surface area contributed by atoms with E-state index in [2.05, 4.69) is 74.7 Å². The summed E-state index contributed by atoms with van der Waals surface area (Å²) in [6.07, 6.45) is 76.5. The molecule has 0 aromatic rings. The SMILES string of the molecule is CCCCC/C=C\C/C=C\CCCCCCCCCCCCCC(=O)NC(COP(=O)(O)OCC[N+](C)(C)C)C(/C=C/CCCCCCCCCCCC)OC(=O)CCCCCCCCCCCCC/C=C\C/C=C\CCCCC. The highest BCUT2D eigenvalue weighted by Crippen LogP contribution is 2.43. The van der Waals surface area contributed by atoms with Crippen LogP contribution in [0.4, 0.5) is 0 Å². The Kier molecular flexibility index (Phi) is 58.1. The first-order valence-corrected chi connectivity index (χ1v) is 35.6. The predicted molar refractivity (Wildman–Crippen MR) is 346 cm³/mol. The number of nitrogens with one attached hydrogen (secondary N) is 1. The number of allylic oxidation sites excluding steroid dienone is 9.